The van der Waals surface area contributed by atoms with Crippen molar-refractivity contribution in [3.63, 3.8) is 0 Å². The Balaban J connectivity index is 3.02. The molecule has 0 heterocycles. The Hall–Kier alpha value is -0.0400. The molecule has 0 fully saturated rings. The summed E-state index contributed by atoms with van der Waals surface area (Å²) in [5.41, 5.74) is 6.08. The van der Waals surface area contributed by atoms with Crippen LogP contribution in [-0.2, 0) is 0 Å². The Labute approximate surface area is 122 Å². The van der Waals surface area contributed by atoms with Crippen molar-refractivity contribution in [3.05, 3.63) is 0 Å². The summed E-state index contributed by atoms with van der Waals surface area (Å²) in [7, 11) is 0. The third-order valence-corrected chi connectivity index (χ3v) is 4.11. The van der Waals surface area contributed by atoms with Crippen LogP contribution in [0.25, 0.3) is 0 Å². The summed E-state index contributed by atoms with van der Waals surface area (Å²) in [6.07, 6.45) is 20.8. The van der Waals surface area contributed by atoms with Crippen LogP contribution in [0.15, 0.2) is 0 Å². The Morgan fingerprint density at radius 3 is 1.37 bits per heavy atom. The highest BCUT2D eigenvalue weighted by atomic mass is 14.6. The van der Waals surface area contributed by atoms with Crippen LogP contribution in [0.2, 0.25) is 0 Å². The second-order valence-corrected chi connectivity index (χ2v) is 6.23. The normalized spacial score (nSPS) is 12.8. The summed E-state index contributed by atoms with van der Waals surface area (Å²) in [5, 5.41) is 0. The predicted octanol–water partition coefficient (Wildman–Crippen LogP) is 6.21. The summed E-state index contributed by atoms with van der Waals surface area (Å²) in [4.78, 5) is 0. The molecule has 0 saturated heterocycles. The first-order valence-electron chi connectivity index (χ1n) is 9.06. The van der Waals surface area contributed by atoms with Gasteiger partial charge in [0.1, 0.15) is 0 Å². The first-order valence-corrected chi connectivity index (χ1v) is 9.06. The van der Waals surface area contributed by atoms with Gasteiger partial charge in [0.25, 0.3) is 0 Å². The van der Waals surface area contributed by atoms with E-state index in [1.165, 1.54) is 96.3 Å². The molecule has 0 rings (SSSR count). The van der Waals surface area contributed by atoms with Crippen molar-refractivity contribution in [2.75, 3.05) is 0 Å². The van der Waals surface area contributed by atoms with Crippen molar-refractivity contribution in [2.45, 2.75) is 116 Å². The van der Waals surface area contributed by atoms with E-state index in [2.05, 4.69) is 13.8 Å². The number of unbranched alkanes of at least 4 members (excludes halogenated alkanes) is 11. The Kier molecular flexibility index (Phi) is 16.0. The Bertz CT molecular complexity index is 156. The van der Waals surface area contributed by atoms with Crippen molar-refractivity contribution in [3.8, 4) is 0 Å². The molecule has 0 aliphatic heterocycles. The van der Waals surface area contributed by atoms with E-state index >= 15 is 0 Å². The average Bonchev–Trinajstić information content (AvgIpc) is 2.42. The number of hydrogen-bond donors (Lipinski definition) is 1. The smallest absolute Gasteiger partial charge is 0.00388 e. The molecule has 0 aromatic carbocycles. The molecule has 1 heteroatoms. The number of nitrogens with two attached hydrogens (primary N) is 1. The summed E-state index contributed by atoms with van der Waals surface area (Å²) in [6, 6.07) is 0.471. The predicted molar refractivity (Wildman–Crippen MR) is 88.6 cm³/mol. The van der Waals surface area contributed by atoms with E-state index in [4.69, 9.17) is 5.73 Å². The minimum absolute atomic E-state index is 0.471. The van der Waals surface area contributed by atoms with E-state index in [0.29, 0.717) is 6.04 Å². The van der Waals surface area contributed by atoms with Crippen molar-refractivity contribution in [2.24, 2.45) is 5.73 Å². The van der Waals surface area contributed by atoms with Crippen molar-refractivity contribution >= 4 is 0 Å². The number of hydrogen-bond acceptors (Lipinski definition) is 1. The molecule has 0 radical (unpaired) electrons. The molecule has 0 amide bonds. The molecule has 1 unspecified atom stereocenters. The van der Waals surface area contributed by atoms with Crippen LogP contribution < -0.4 is 5.73 Å². The maximum absolute atomic E-state index is 6.08. The molecule has 0 saturated carbocycles. The second kappa shape index (κ2) is 16.0. The SMILES string of the molecule is CCCCCCCCCCCCCC(N)CCCC. The zero-order valence-corrected chi connectivity index (χ0v) is 13.8. The fraction of sp³-hybridized carbons (Fsp3) is 1.00. The van der Waals surface area contributed by atoms with E-state index in [-0.39, 0.29) is 0 Å². The van der Waals surface area contributed by atoms with Crippen LogP contribution in [0, 0.1) is 0 Å². The average molecular weight is 270 g/mol. The van der Waals surface area contributed by atoms with Gasteiger partial charge in [0.05, 0.1) is 0 Å². The zero-order valence-electron chi connectivity index (χ0n) is 13.8. The van der Waals surface area contributed by atoms with Crippen LogP contribution in [-0.4, -0.2) is 6.04 Å². The fourth-order valence-corrected chi connectivity index (χ4v) is 2.68. The molecule has 1 nitrogen and oxygen atoms in total. The summed E-state index contributed by atoms with van der Waals surface area (Å²) < 4.78 is 0. The quantitative estimate of drug-likeness (QED) is 0.352. The molecule has 1 atom stereocenters. The van der Waals surface area contributed by atoms with Gasteiger partial charge in [-0.15, -0.1) is 0 Å². The van der Waals surface area contributed by atoms with Crippen LogP contribution in [0.4, 0.5) is 0 Å². The van der Waals surface area contributed by atoms with E-state index in [0.717, 1.165) is 0 Å². The van der Waals surface area contributed by atoms with Gasteiger partial charge in [-0.05, 0) is 12.8 Å². The van der Waals surface area contributed by atoms with Crippen LogP contribution in [0.5, 0.6) is 0 Å². The Morgan fingerprint density at radius 2 is 0.895 bits per heavy atom. The maximum atomic E-state index is 6.08. The van der Waals surface area contributed by atoms with Gasteiger partial charge in [0.2, 0.25) is 0 Å². The van der Waals surface area contributed by atoms with Crippen molar-refractivity contribution in [1.29, 1.82) is 0 Å². The van der Waals surface area contributed by atoms with E-state index in [1.54, 1.807) is 0 Å². The first-order chi connectivity index (χ1) is 9.31. The van der Waals surface area contributed by atoms with Gasteiger partial charge in [-0.2, -0.15) is 0 Å². The van der Waals surface area contributed by atoms with Crippen molar-refractivity contribution < 1.29 is 0 Å². The second-order valence-electron chi connectivity index (χ2n) is 6.23. The lowest BCUT2D eigenvalue weighted by Gasteiger charge is -2.10. The minimum atomic E-state index is 0.471. The highest BCUT2D eigenvalue weighted by Gasteiger charge is 2.01. The highest BCUT2D eigenvalue weighted by Crippen LogP contribution is 2.13. The molecular formula is C18H39N. The van der Waals surface area contributed by atoms with E-state index < -0.39 is 0 Å². The summed E-state index contributed by atoms with van der Waals surface area (Å²) >= 11 is 0. The summed E-state index contributed by atoms with van der Waals surface area (Å²) in [6.45, 7) is 4.53. The molecule has 0 aromatic rings. The first kappa shape index (κ1) is 19.0. The topological polar surface area (TPSA) is 26.0 Å². The largest absolute Gasteiger partial charge is 0.328 e. The monoisotopic (exact) mass is 269 g/mol. The van der Waals surface area contributed by atoms with Gasteiger partial charge in [-0.1, -0.05) is 97.3 Å². The molecule has 0 aliphatic rings. The van der Waals surface area contributed by atoms with E-state index in [1.807, 2.05) is 0 Å². The standard InChI is InChI=1S/C18H39N/c1-3-5-7-8-9-10-11-12-13-14-15-17-18(19)16-6-4-2/h18H,3-17,19H2,1-2H3. The summed E-state index contributed by atoms with van der Waals surface area (Å²) in [5.74, 6) is 0. The van der Waals surface area contributed by atoms with Crippen molar-refractivity contribution in [1.82, 2.24) is 0 Å². The third-order valence-electron chi connectivity index (χ3n) is 4.11. The van der Waals surface area contributed by atoms with Crippen LogP contribution in [0.3, 0.4) is 0 Å². The van der Waals surface area contributed by atoms with Gasteiger partial charge in [-0.3, -0.25) is 0 Å². The molecule has 0 aliphatic carbocycles. The van der Waals surface area contributed by atoms with Crippen LogP contribution in [0.1, 0.15) is 110 Å². The third kappa shape index (κ3) is 15.9. The lowest BCUT2D eigenvalue weighted by Crippen LogP contribution is -2.19. The lowest BCUT2D eigenvalue weighted by molar-refractivity contribution is 0.493. The molecule has 0 spiro atoms. The molecule has 2 N–H and O–H groups in total. The van der Waals surface area contributed by atoms with Gasteiger partial charge in [-0.25, -0.2) is 0 Å². The zero-order chi connectivity index (χ0) is 14.2. The molecular weight excluding hydrogens is 230 g/mol. The molecule has 0 bridgehead atoms. The molecule has 19 heavy (non-hydrogen) atoms. The highest BCUT2D eigenvalue weighted by molar-refractivity contribution is 4.61. The fourth-order valence-electron chi connectivity index (χ4n) is 2.68. The maximum Gasteiger partial charge on any atom is 0.00388 e. The minimum Gasteiger partial charge on any atom is -0.328 e. The Morgan fingerprint density at radius 1 is 0.526 bits per heavy atom. The van der Waals surface area contributed by atoms with Gasteiger partial charge in [0.15, 0.2) is 0 Å². The van der Waals surface area contributed by atoms with Gasteiger partial charge < -0.3 is 5.73 Å². The van der Waals surface area contributed by atoms with Gasteiger partial charge in [0, 0.05) is 6.04 Å². The molecule has 116 valence electrons. The number of rotatable bonds is 15. The van der Waals surface area contributed by atoms with Gasteiger partial charge >= 0.3 is 0 Å². The molecule has 0 aromatic heterocycles. The van der Waals surface area contributed by atoms with Crippen LogP contribution >= 0.6 is 0 Å². The van der Waals surface area contributed by atoms with E-state index in [9.17, 15) is 0 Å². The lowest BCUT2D eigenvalue weighted by atomic mass is 10.0.